The van der Waals surface area contributed by atoms with Gasteiger partial charge in [-0.3, -0.25) is 9.69 Å². The molecule has 190 valence electrons. The van der Waals surface area contributed by atoms with Gasteiger partial charge in [0.1, 0.15) is 0 Å². The van der Waals surface area contributed by atoms with Crippen molar-refractivity contribution in [2.24, 2.45) is 11.8 Å². The van der Waals surface area contributed by atoms with E-state index >= 15 is 0 Å². The van der Waals surface area contributed by atoms with Crippen molar-refractivity contribution in [1.82, 2.24) is 4.90 Å². The third kappa shape index (κ3) is 6.28. The lowest BCUT2D eigenvalue weighted by molar-refractivity contribution is -0.164. The predicted octanol–water partition coefficient (Wildman–Crippen LogP) is 6.86. The highest BCUT2D eigenvalue weighted by Crippen LogP contribution is 2.51. The molecule has 1 aromatic rings. The minimum Gasteiger partial charge on any atom is -0.481 e. The topological polar surface area (TPSA) is 40.5 Å². The van der Waals surface area contributed by atoms with Crippen LogP contribution in [0.2, 0.25) is 0 Å². The van der Waals surface area contributed by atoms with Crippen LogP contribution in [-0.4, -0.2) is 40.7 Å². The minimum absolute atomic E-state index is 0.000712. The number of likely N-dealkylation sites (tertiary alicyclic amines) is 1. The molecule has 0 aromatic heterocycles. The van der Waals surface area contributed by atoms with Gasteiger partial charge in [0.05, 0.1) is 17.9 Å². The van der Waals surface area contributed by atoms with E-state index in [4.69, 9.17) is 0 Å². The van der Waals surface area contributed by atoms with Crippen LogP contribution >= 0.6 is 0 Å². The maximum Gasteiger partial charge on any atom is 0.416 e. The highest BCUT2D eigenvalue weighted by atomic mass is 19.4. The minimum atomic E-state index is -4.68. The van der Waals surface area contributed by atoms with E-state index in [1.165, 1.54) is 4.90 Å². The third-order valence-corrected chi connectivity index (χ3v) is 6.59. The summed E-state index contributed by atoms with van der Waals surface area (Å²) in [5.74, 6) is -6.91. The van der Waals surface area contributed by atoms with Crippen molar-refractivity contribution < 1.29 is 45.0 Å². The first kappa shape index (κ1) is 26.4. The first-order valence-corrected chi connectivity index (χ1v) is 10.9. The quantitative estimate of drug-likeness (QED) is 0.314. The number of carboxylic acid groups (broad SMARTS) is 1. The molecule has 1 unspecified atom stereocenters. The number of benzene rings is 1. The van der Waals surface area contributed by atoms with Gasteiger partial charge in [0.15, 0.2) is 0 Å². The highest BCUT2D eigenvalue weighted by Gasteiger charge is 2.53. The first-order chi connectivity index (χ1) is 15.6. The van der Waals surface area contributed by atoms with Crippen molar-refractivity contribution in [3.8, 4) is 0 Å². The van der Waals surface area contributed by atoms with Crippen LogP contribution in [0.15, 0.2) is 36.4 Å². The van der Waals surface area contributed by atoms with E-state index in [1.807, 2.05) is 0 Å². The van der Waals surface area contributed by atoms with E-state index in [0.717, 1.165) is 12.1 Å². The molecule has 1 saturated heterocycles. The Balaban J connectivity index is 2.06. The van der Waals surface area contributed by atoms with Gasteiger partial charge in [0, 0.05) is 31.5 Å². The van der Waals surface area contributed by atoms with E-state index < -0.39 is 73.5 Å². The fourth-order valence-corrected chi connectivity index (χ4v) is 4.75. The number of nitrogens with zero attached hydrogens (tertiary/aromatic N) is 1. The van der Waals surface area contributed by atoms with Gasteiger partial charge < -0.3 is 5.11 Å². The molecule has 34 heavy (non-hydrogen) atoms. The zero-order valence-corrected chi connectivity index (χ0v) is 18.1. The zero-order chi connectivity index (χ0) is 25.5. The molecule has 3 nitrogen and oxygen atoms in total. The maximum absolute atomic E-state index is 14.9. The Bertz CT molecular complexity index is 890. The number of carboxylic acids is 1. The Kier molecular flexibility index (Phi) is 7.36. The predicted molar refractivity (Wildman–Crippen MR) is 107 cm³/mol. The second-order valence-corrected chi connectivity index (χ2v) is 9.04. The Morgan fingerprint density at radius 3 is 2.18 bits per heavy atom. The number of hydrogen-bond acceptors (Lipinski definition) is 2. The summed E-state index contributed by atoms with van der Waals surface area (Å²) in [6, 6.07) is 1.05. The normalized spacial score (nSPS) is 24.6. The Hall–Kier alpha value is -2.17. The molecule has 1 heterocycles. The largest absolute Gasteiger partial charge is 0.481 e. The first-order valence-electron chi connectivity index (χ1n) is 10.9. The summed E-state index contributed by atoms with van der Waals surface area (Å²) in [5, 5.41) is 9.29. The van der Waals surface area contributed by atoms with Crippen LogP contribution in [0.3, 0.4) is 0 Å². The Labute approximate surface area is 191 Å². The average Bonchev–Trinajstić information content (AvgIpc) is 3.54. The van der Waals surface area contributed by atoms with Crippen molar-refractivity contribution in [3.05, 3.63) is 47.5 Å². The molecule has 0 radical (unpaired) electrons. The monoisotopic (exact) mass is 499 g/mol. The smallest absolute Gasteiger partial charge is 0.416 e. The molecule has 1 aromatic carbocycles. The third-order valence-electron chi connectivity index (χ3n) is 6.59. The lowest BCUT2D eigenvalue weighted by Crippen LogP contribution is -2.54. The molecular weight excluding hydrogens is 474 g/mol. The molecule has 0 bridgehead atoms. The van der Waals surface area contributed by atoms with E-state index in [-0.39, 0.29) is 18.0 Å². The van der Waals surface area contributed by atoms with Crippen molar-refractivity contribution in [3.63, 3.8) is 0 Å². The summed E-state index contributed by atoms with van der Waals surface area (Å²) < 4.78 is 108. The number of piperidine rings is 1. The van der Waals surface area contributed by atoms with Crippen LogP contribution in [-0.2, 0) is 11.0 Å². The van der Waals surface area contributed by atoms with E-state index in [1.54, 1.807) is 0 Å². The summed E-state index contributed by atoms with van der Waals surface area (Å²) in [6.07, 6.45) is -11.2. The Morgan fingerprint density at radius 2 is 1.71 bits per heavy atom. The fraction of sp³-hybridized carbons (Fsp3) is 0.609. The van der Waals surface area contributed by atoms with Crippen LogP contribution in [0, 0.1) is 11.8 Å². The van der Waals surface area contributed by atoms with Crippen molar-refractivity contribution >= 4 is 5.97 Å². The number of aliphatic carboxylic acids is 1. The molecule has 3 rings (SSSR count). The second kappa shape index (κ2) is 9.47. The molecule has 1 aliphatic heterocycles. The standard InChI is InChI=1S/C23H25F8NO2/c1-13(14-2-3-14)18(8-9-22(26,27)28)32-11-10-21(24,25)17(12-19(33)34)20(32)15-4-6-16(7-5-15)23(29,30)31/h4-7,14,17-18,20H,1-3,8-12H2,(H,33,34)/t17-,18?,20-/m1/s1. The lowest BCUT2D eigenvalue weighted by atomic mass is 9.77. The van der Waals surface area contributed by atoms with Gasteiger partial charge in [0.2, 0.25) is 0 Å². The van der Waals surface area contributed by atoms with Crippen molar-refractivity contribution in [2.45, 2.75) is 68.9 Å². The van der Waals surface area contributed by atoms with Gasteiger partial charge >= 0.3 is 18.3 Å². The lowest BCUT2D eigenvalue weighted by Gasteiger charge is -2.49. The summed E-state index contributed by atoms with van der Waals surface area (Å²) in [7, 11) is 0. The average molecular weight is 499 g/mol. The zero-order valence-electron chi connectivity index (χ0n) is 18.1. The van der Waals surface area contributed by atoms with Gasteiger partial charge in [-0.2, -0.15) is 26.3 Å². The summed E-state index contributed by atoms with van der Waals surface area (Å²) in [4.78, 5) is 12.8. The van der Waals surface area contributed by atoms with Gasteiger partial charge in [-0.25, -0.2) is 8.78 Å². The van der Waals surface area contributed by atoms with Gasteiger partial charge in [-0.05, 0) is 42.9 Å². The molecule has 3 atom stereocenters. The van der Waals surface area contributed by atoms with E-state index in [9.17, 15) is 45.0 Å². The van der Waals surface area contributed by atoms with Crippen LogP contribution in [0.5, 0.6) is 0 Å². The van der Waals surface area contributed by atoms with Crippen molar-refractivity contribution in [1.29, 1.82) is 0 Å². The van der Waals surface area contributed by atoms with Crippen LogP contribution in [0.25, 0.3) is 0 Å². The van der Waals surface area contributed by atoms with Crippen LogP contribution < -0.4 is 0 Å². The molecule has 1 saturated carbocycles. The molecule has 2 aliphatic rings. The van der Waals surface area contributed by atoms with E-state index in [0.29, 0.717) is 30.5 Å². The van der Waals surface area contributed by atoms with Gasteiger partial charge in [-0.15, -0.1) is 0 Å². The van der Waals surface area contributed by atoms with Crippen molar-refractivity contribution in [2.75, 3.05) is 6.54 Å². The molecule has 2 fully saturated rings. The number of rotatable bonds is 8. The van der Waals surface area contributed by atoms with Gasteiger partial charge in [-0.1, -0.05) is 24.3 Å². The van der Waals surface area contributed by atoms with E-state index in [2.05, 4.69) is 6.58 Å². The number of carbonyl (C=O) groups is 1. The van der Waals surface area contributed by atoms with Crippen LogP contribution in [0.4, 0.5) is 35.1 Å². The summed E-state index contributed by atoms with van der Waals surface area (Å²) >= 11 is 0. The SMILES string of the molecule is C=C(C1CC1)C(CCC(F)(F)F)N1CCC(F)(F)[C@H](CC(=O)O)[C@H]1c1ccc(C(F)(F)F)cc1. The molecular formula is C23H25F8NO2. The maximum atomic E-state index is 14.9. The summed E-state index contributed by atoms with van der Waals surface area (Å²) in [6.45, 7) is 3.58. The molecule has 11 heteroatoms. The van der Waals surface area contributed by atoms with Gasteiger partial charge in [0.25, 0.3) is 5.92 Å². The second-order valence-electron chi connectivity index (χ2n) is 9.04. The summed E-state index contributed by atoms with van der Waals surface area (Å²) in [5.41, 5.74) is -0.559. The highest BCUT2D eigenvalue weighted by molar-refractivity contribution is 5.67. The number of hydrogen-bond donors (Lipinski definition) is 1. The molecule has 1 aliphatic carbocycles. The molecule has 1 N–H and O–H groups in total. The number of halogens is 8. The molecule has 0 amide bonds. The molecule has 0 spiro atoms. The Morgan fingerprint density at radius 1 is 1.12 bits per heavy atom. The number of alkyl halides is 8. The fourth-order valence-electron chi connectivity index (χ4n) is 4.75. The van der Waals surface area contributed by atoms with Crippen LogP contribution in [0.1, 0.15) is 55.7 Å².